The number of hydrogen-bond acceptors (Lipinski definition) is 5. The van der Waals surface area contributed by atoms with Crippen LogP contribution < -0.4 is 10.5 Å². The summed E-state index contributed by atoms with van der Waals surface area (Å²) in [5, 5.41) is 0. The summed E-state index contributed by atoms with van der Waals surface area (Å²) in [6.07, 6.45) is 1.78. The number of benzene rings is 1. The van der Waals surface area contributed by atoms with Crippen LogP contribution in [-0.2, 0) is 19.6 Å². The van der Waals surface area contributed by atoms with Crippen molar-refractivity contribution in [2.75, 3.05) is 0 Å². The second-order valence-electron chi connectivity index (χ2n) is 4.30. The van der Waals surface area contributed by atoms with Crippen molar-refractivity contribution in [3.05, 3.63) is 53.4 Å². The average Bonchev–Trinajstić information content (AvgIpc) is 2.36. The summed E-state index contributed by atoms with van der Waals surface area (Å²) in [4.78, 5) is 23.0. The first kappa shape index (κ1) is 14.0. The Bertz CT molecular complexity index is 743. The minimum absolute atomic E-state index is 0.00627. The lowest BCUT2D eigenvalue weighted by atomic mass is 10.1. The summed E-state index contributed by atoms with van der Waals surface area (Å²) < 4.78 is 26.3. The van der Waals surface area contributed by atoms with E-state index in [1.165, 1.54) is 12.1 Å². The number of aryl methyl sites for hydroxylation is 1. The molecule has 0 atom stereocenters. The Kier molecular flexibility index (Phi) is 3.46. The zero-order valence-electron chi connectivity index (χ0n) is 10.6. The summed E-state index contributed by atoms with van der Waals surface area (Å²) in [5.74, 6) is -1.26. The van der Waals surface area contributed by atoms with Crippen LogP contribution >= 0.6 is 0 Å². The molecule has 0 fully saturated rings. The third-order valence-electron chi connectivity index (χ3n) is 2.69. The first-order valence-electron chi connectivity index (χ1n) is 5.66. The van der Waals surface area contributed by atoms with Crippen molar-refractivity contribution in [3.63, 3.8) is 0 Å². The first-order valence-corrected chi connectivity index (χ1v) is 7.15. The van der Waals surface area contributed by atoms with Gasteiger partial charge in [-0.2, -0.15) is 0 Å². The molecule has 0 spiro atoms. The van der Waals surface area contributed by atoms with Crippen molar-refractivity contribution in [3.8, 4) is 0 Å². The number of rotatable bonds is 3. The predicted molar refractivity (Wildman–Crippen MR) is 71.9 cm³/mol. The number of sulfonamides is 1. The molecule has 1 aliphatic carbocycles. The van der Waals surface area contributed by atoms with Crippen LogP contribution in [0.1, 0.15) is 5.56 Å². The molecule has 0 aromatic heterocycles. The molecule has 1 aliphatic rings. The first-order chi connectivity index (χ1) is 9.29. The molecule has 7 heteroatoms. The molecule has 0 bridgehead atoms. The topological polar surface area (TPSA) is 106 Å². The van der Waals surface area contributed by atoms with Crippen LogP contribution in [0.25, 0.3) is 0 Å². The fraction of sp³-hybridized carbons (Fsp3) is 0.0769. The zero-order valence-corrected chi connectivity index (χ0v) is 11.4. The van der Waals surface area contributed by atoms with Gasteiger partial charge >= 0.3 is 0 Å². The largest absolute Gasteiger partial charge is 0.395 e. The molecule has 0 radical (unpaired) electrons. The Labute approximate surface area is 116 Å². The molecular weight excluding hydrogens is 280 g/mol. The summed E-state index contributed by atoms with van der Waals surface area (Å²) in [6.45, 7) is 1.82. The van der Waals surface area contributed by atoms with E-state index in [9.17, 15) is 18.0 Å². The fourth-order valence-electron chi connectivity index (χ4n) is 1.58. The molecule has 0 unspecified atom stereocenters. The van der Waals surface area contributed by atoms with E-state index < -0.39 is 21.6 Å². The highest BCUT2D eigenvalue weighted by atomic mass is 32.2. The number of carbonyl (C=O) groups excluding carboxylic acids is 2. The quantitative estimate of drug-likeness (QED) is 0.771. The molecule has 6 nitrogen and oxygen atoms in total. The minimum atomic E-state index is -3.91. The molecule has 1 aromatic carbocycles. The normalized spacial score (nSPS) is 15.7. The van der Waals surface area contributed by atoms with Gasteiger partial charge in [-0.05, 0) is 19.1 Å². The van der Waals surface area contributed by atoms with Crippen molar-refractivity contribution in [1.82, 2.24) is 4.72 Å². The van der Waals surface area contributed by atoms with Gasteiger partial charge in [0.05, 0.1) is 10.6 Å². The number of allylic oxidation sites excluding steroid dienone is 2. The minimum Gasteiger partial charge on any atom is -0.395 e. The van der Waals surface area contributed by atoms with Gasteiger partial charge in [-0.15, -0.1) is 0 Å². The summed E-state index contributed by atoms with van der Waals surface area (Å²) in [5.41, 5.74) is 5.67. The van der Waals surface area contributed by atoms with Crippen molar-refractivity contribution < 1.29 is 18.0 Å². The molecule has 3 N–H and O–H groups in total. The van der Waals surface area contributed by atoms with E-state index in [-0.39, 0.29) is 16.3 Å². The smallest absolute Gasteiger partial charge is 0.262 e. The van der Waals surface area contributed by atoms with E-state index in [1.54, 1.807) is 12.1 Å². The number of nitrogens with two attached hydrogens (primary N) is 1. The Morgan fingerprint density at radius 3 is 2.20 bits per heavy atom. The Hall–Kier alpha value is -2.41. The third kappa shape index (κ3) is 2.77. The molecule has 2 rings (SSSR count). The van der Waals surface area contributed by atoms with E-state index >= 15 is 0 Å². The lowest BCUT2D eigenvalue weighted by Gasteiger charge is -2.12. The van der Waals surface area contributed by atoms with Crippen molar-refractivity contribution in [2.24, 2.45) is 5.73 Å². The van der Waals surface area contributed by atoms with E-state index in [0.29, 0.717) is 0 Å². The predicted octanol–water partition coefficient (Wildman–Crippen LogP) is 0.152. The van der Waals surface area contributed by atoms with Crippen LogP contribution in [-0.4, -0.2) is 20.0 Å². The van der Waals surface area contributed by atoms with E-state index in [2.05, 4.69) is 4.72 Å². The van der Waals surface area contributed by atoms with Crippen molar-refractivity contribution in [2.45, 2.75) is 11.8 Å². The van der Waals surface area contributed by atoms with Crippen LogP contribution in [0.4, 0.5) is 0 Å². The van der Waals surface area contributed by atoms with Crippen LogP contribution in [0, 0.1) is 6.92 Å². The van der Waals surface area contributed by atoms with Crippen LogP contribution in [0.5, 0.6) is 0 Å². The van der Waals surface area contributed by atoms with Gasteiger partial charge in [0.15, 0.2) is 0 Å². The zero-order chi connectivity index (χ0) is 14.9. The maximum Gasteiger partial charge on any atom is 0.262 e. The monoisotopic (exact) mass is 292 g/mol. The molecule has 20 heavy (non-hydrogen) atoms. The highest BCUT2D eigenvalue weighted by Crippen LogP contribution is 2.13. The van der Waals surface area contributed by atoms with Crippen LogP contribution in [0.2, 0.25) is 0 Å². The van der Waals surface area contributed by atoms with Gasteiger partial charge in [-0.25, -0.2) is 8.42 Å². The lowest BCUT2D eigenvalue weighted by Crippen LogP contribution is -2.31. The van der Waals surface area contributed by atoms with Crippen molar-refractivity contribution >= 4 is 21.6 Å². The Morgan fingerprint density at radius 2 is 1.60 bits per heavy atom. The van der Waals surface area contributed by atoms with Crippen LogP contribution in [0.15, 0.2) is 52.7 Å². The maximum absolute atomic E-state index is 12.1. The Morgan fingerprint density at radius 1 is 1.00 bits per heavy atom. The van der Waals surface area contributed by atoms with E-state index in [1.807, 2.05) is 6.92 Å². The maximum atomic E-state index is 12.1. The van der Waals surface area contributed by atoms with Gasteiger partial charge in [0, 0.05) is 12.2 Å². The second-order valence-corrected chi connectivity index (χ2v) is 5.99. The van der Waals surface area contributed by atoms with Gasteiger partial charge in [0.1, 0.15) is 5.70 Å². The molecule has 0 aliphatic heterocycles. The molecule has 104 valence electrons. The highest BCUT2D eigenvalue weighted by Gasteiger charge is 2.23. The fourth-order valence-corrected chi connectivity index (χ4v) is 2.64. The standard InChI is InChI=1S/C13H12N2O4S/c1-8-2-4-9(5-3-8)20(18,19)15-11-7-12(16)10(14)6-13(11)17/h2-7,15H,14H2,1H3. The number of nitrogens with one attached hydrogen (secondary N) is 1. The van der Waals surface area contributed by atoms with Gasteiger partial charge in [-0.1, -0.05) is 17.7 Å². The van der Waals surface area contributed by atoms with Gasteiger partial charge < -0.3 is 5.73 Å². The van der Waals surface area contributed by atoms with E-state index in [0.717, 1.165) is 17.7 Å². The number of ketones is 2. The van der Waals surface area contributed by atoms with Crippen molar-refractivity contribution in [1.29, 1.82) is 0 Å². The molecule has 0 heterocycles. The van der Waals surface area contributed by atoms with Gasteiger partial charge in [0.2, 0.25) is 11.6 Å². The van der Waals surface area contributed by atoms with E-state index in [4.69, 9.17) is 5.73 Å². The molecular formula is C13H12N2O4S. The SMILES string of the molecule is Cc1ccc(S(=O)(=O)NC2=CC(=O)C(N)=CC2=O)cc1. The molecule has 0 saturated heterocycles. The third-order valence-corrected chi connectivity index (χ3v) is 4.07. The second kappa shape index (κ2) is 4.93. The number of hydrogen-bond donors (Lipinski definition) is 2. The average molecular weight is 292 g/mol. The highest BCUT2D eigenvalue weighted by molar-refractivity contribution is 7.89. The summed E-state index contributed by atoms with van der Waals surface area (Å²) in [7, 11) is -3.91. The summed E-state index contributed by atoms with van der Waals surface area (Å²) in [6, 6.07) is 6.10. The molecule has 1 aromatic rings. The van der Waals surface area contributed by atoms with Gasteiger partial charge in [0.25, 0.3) is 10.0 Å². The van der Waals surface area contributed by atoms with Crippen LogP contribution in [0.3, 0.4) is 0 Å². The number of carbonyl (C=O) groups is 2. The Balaban J connectivity index is 2.30. The lowest BCUT2D eigenvalue weighted by molar-refractivity contribution is -0.115. The van der Waals surface area contributed by atoms with Gasteiger partial charge in [-0.3, -0.25) is 14.3 Å². The molecule has 0 saturated carbocycles. The molecule has 0 amide bonds. The summed E-state index contributed by atoms with van der Waals surface area (Å²) >= 11 is 0.